The molecule has 17 aromatic carbocycles. The maximum Gasteiger partial charge on any atom is 0.136 e. The van der Waals surface area contributed by atoms with Crippen LogP contribution in [0.5, 0.6) is 0 Å². The van der Waals surface area contributed by atoms with Crippen LogP contribution in [-0.2, 0) is 0 Å². The largest absolute Gasteiger partial charge is 0.456 e. The second-order valence-electron chi connectivity index (χ2n) is 19.3. The fourth-order valence-electron chi connectivity index (χ4n) is 10.8. The van der Waals surface area contributed by atoms with Crippen molar-refractivity contribution in [2.24, 2.45) is 0 Å². The van der Waals surface area contributed by atoms with Gasteiger partial charge in [-0.1, -0.05) is 260 Å². The Hall–Kier alpha value is -11.6. The summed E-state index contributed by atoms with van der Waals surface area (Å²) in [6.07, 6.45) is 0. The molecule has 19 rings (SSSR count). The van der Waals surface area contributed by atoms with Gasteiger partial charge in [0, 0.05) is 21.5 Å². The fraction of sp³-hybridized carbons (Fsp3) is 0. The zero-order chi connectivity index (χ0) is 103. The summed E-state index contributed by atoms with van der Waals surface area (Å²) < 4.78 is 477. The van der Waals surface area contributed by atoms with Crippen LogP contribution >= 0.6 is 0 Å². The lowest BCUT2D eigenvalue weighted by atomic mass is 9.85. The van der Waals surface area contributed by atoms with Crippen molar-refractivity contribution in [1.29, 1.82) is 0 Å². The van der Waals surface area contributed by atoms with Gasteiger partial charge in [0.15, 0.2) is 0 Å². The summed E-state index contributed by atoms with van der Waals surface area (Å²) >= 11 is 0. The van der Waals surface area contributed by atoms with Crippen molar-refractivity contribution in [3.05, 3.63) is 314 Å². The quantitative estimate of drug-likeness (QED) is 0.161. The van der Waals surface area contributed by atoms with E-state index in [9.17, 15) is 28.8 Å². The Morgan fingerprint density at radius 2 is 0.443 bits per heavy atom. The van der Waals surface area contributed by atoms with Crippen LogP contribution in [0.4, 0.5) is 0 Å². The summed E-state index contributed by atoms with van der Waals surface area (Å²) in [5.41, 5.74) is -9.49. The van der Waals surface area contributed by atoms with E-state index in [1.54, 1.807) is 0 Å². The molecular weight excluding hydrogens is 1060 g/mol. The van der Waals surface area contributed by atoms with Gasteiger partial charge in [-0.15, -0.1) is 0 Å². The van der Waals surface area contributed by atoms with E-state index in [0.717, 1.165) is 0 Å². The van der Waals surface area contributed by atoms with E-state index >= 15 is 0 Å². The fourth-order valence-corrected chi connectivity index (χ4v) is 10.8. The first kappa shape index (κ1) is 20.6. The van der Waals surface area contributed by atoms with Crippen molar-refractivity contribution in [2.75, 3.05) is 0 Å². The molecule has 0 aliphatic carbocycles. The Bertz CT molecular complexity index is 9120. The lowest BCUT2D eigenvalue weighted by Gasteiger charge is -2.18. The first-order valence-corrected chi connectivity index (χ1v) is 26.1. The predicted octanol–water partition coefficient (Wildman–Crippen LogP) is 24.7. The lowest BCUT2D eigenvalue weighted by molar-refractivity contribution is 0.669. The molecule has 88 heavy (non-hydrogen) atoms. The zero-order valence-corrected chi connectivity index (χ0v) is 43.8. The zero-order valence-electron chi connectivity index (χ0n) is 95.8. The van der Waals surface area contributed by atoms with Crippen LogP contribution < -0.4 is 0 Å². The van der Waals surface area contributed by atoms with Gasteiger partial charge in [0.2, 0.25) is 0 Å². The molecule has 0 radical (unpaired) electrons. The second kappa shape index (κ2) is 20.0. The molecule has 2 heteroatoms. The Morgan fingerprint density at radius 3 is 0.864 bits per heavy atom. The van der Waals surface area contributed by atoms with Crippen molar-refractivity contribution >= 4 is 130 Å². The van der Waals surface area contributed by atoms with Crippen molar-refractivity contribution in [1.82, 2.24) is 0 Å². The Labute approximate surface area is 580 Å². The number of hydrogen-bond acceptors (Lipinski definition) is 2. The summed E-state index contributed by atoms with van der Waals surface area (Å²) in [4.78, 5) is 0. The maximum absolute atomic E-state index is 9.89. The molecule has 408 valence electrons. The highest BCUT2D eigenvalue weighted by atomic mass is 16.3. The standard InChI is InChI=1S/C46H28O.C40H24O/c1-2-10-29(11-3-1)31-18-19-33-27-34(21-20-32(33)26-31)44-37-14-6-8-16-39(37)45(40-17-9-7-15-38(40)44)35-23-24-42-41(28-35)46-36-13-5-4-12-30(36)22-25-43(46)47-42;1-2-11-27-23-28(18-17-25(27)9-1)38-31-13-5-7-15-33(31)39(34-16-8-6-14-32(34)38)29-20-21-36-35(24-29)40-30-12-4-3-10-26(30)19-22-37(40)41-36/h1-28H;1-24H/i1D,2D,3D,4D,5D,6D,7D,8D,9D,10D,11D,12D,13D,14D,15D,16D,17D,18D,19D,20D,21D,22D,23D,24D,25D,26D,27D,28D;1D,2D,3D,4D,5D,6D,7D,8D,9D,10D,11D,12D,13D,14D,15D,16D,17D,18D,19D,20D,21D,22D,23D,24D. The van der Waals surface area contributed by atoms with Crippen LogP contribution in [0.15, 0.2) is 323 Å². The number of hydrogen-bond donors (Lipinski definition) is 0. The average Bonchev–Trinajstić information content (AvgIpc) is 0.853. The van der Waals surface area contributed by atoms with Crippen molar-refractivity contribution in [3.63, 3.8) is 0 Å². The molecule has 0 saturated carbocycles. The molecule has 0 aliphatic rings. The van der Waals surface area contributed by atoms with Gasteiger partial charge in [-0.05, 0) is 196 Å². The topological polar surface area (TPSA) is 26.3 Å². The van der Waals surface area contributed by atoms with Gasteiger partial charge >= 0.3 is 0 Å². The smallest absolute Gasteiger partial charge is 0.136 e. The molecule has 0 amide bonds. The molecule has 0 saturated heterocycles. The third-order valence-electron chi connectivity index (χ3n) is 14.5. The van der Waals surface area contributed by atoms with Crippen LogP contribution in [0, 0.1) is 0 Å². The first-order chi connectivity index (χ1) is 65.3. The van der Waals surface area contributed by atoms with E-state index in [0.29, 0.717) is 0 Å². The summed E-state index contributed by atoms with van der Waals surface area (Å²) in [6, 6.07) is -45.8. The van der Waals surface area contributed by atoms with E-state index in [-0.39, 0.29) is 5.39 Å². The molecule has 0 bridgehead atoms. The highest BCUT2D eigenvalue weighted by molar-refractivity contribution is 6.26. The van der Waals surface area contributed by atoms with Crippen LogP contribution in [-0.4, -0.2) is 0 Å². The third kappa shape index (κ3) is 7.97. The second-order valence-corrected chi connectivity index (χ2v) is 19.3. The van der Waals surface area contributed by atoms with Crippen LogP contribution in [0.1, 0.15) is 71.3 Å². The van der Waals surface area contributed by atoms with Crippen LogP contribution in [0.2, 0.25) is 0 Å². The molecule has 0 aliphatic heterocycles. The normalized spacial score (nSPS) is 20.1. The van der Waals surface area contributed by atoms with E-state index in [1.807, 2.05) is 0 Å². The number of fused-ring (bicyclic) bond motifs is 16. The SMILES string of the molecule is [2H]c1c(-c2c3c([2H])c([2H])c([2H])c([2H])c3c(-c3c([2H])c([2H])c4c([2H])c([2H])c([2H])c([2H])c4c3[2H])c3c([2H])c([2H])c([2H])c([2H])c23)c([2H])c2c(oc3c([2H])c([2H])c4c([2H])c([2H])c([2H])c([2H])c4c32)c1[2H].[2H]c1c([2H])c([2H])c(-c2c([2H])c([2H])c3c([2H])c(-c4c5c([2H])c([2H])c([2H])c([2H])c5c(-c5c([2H])c([2H])c6oc7c([2H])c([2H])c8c([2H])c([2H])c([2H])c([2H])c8c7c6c5[2H])c5c([2H])c([2H])c([2H])c([2H])c45)c([2H])c([2H])c3c2[2H])c([2H])c1[2H]. The maximum atomic E-state index is 9.89. The molecule has 19 aromatic rings. The first-order valence-electron chi connectivity index (χ1n) is 52.1. The predicted molar refractivity (Wildman–Crippen MR) is 375 cm³/mol. The molecule has 0 atom stereocenters. The third-order valence-corrected chi connectivity index (χ3v) is 14.5. The van der Waals surface area contributed by atoms with Gasteiger partial charge < -0.3 is 8.83 Å². The molecule has 0 fully saturated rings. The molecule has 2 heterocycles. The van der Waals surface area contributed by atoms with Crippen molar-refractivity contribution < 1.29 is 80.1 Å². The molecule has 0 unspecified atom stereocenters. The highest BCUT2D eigenvalue weighted by Gasteiger charge is 2.21. The minimum Gasteiger partial charge on any atom is -0.456 e. The number of benzene rings is 17. The molecule has 2 nitrogen and oxygen atoms in total. The molecular formula is C86H52O2. The van der Waals surface area contributed by atoms with Gasteiger partial charge in [0.05, 0.1) is 71.3 Å². The lowest BCUT2D eigenvalue weighted by Crippen LogP contribution is -1.91. The number of furan rings is 2. The monoisotopic (exact) mass is 1170 g/mol. The average molecular weight is 1170 g/mol. The summed E-state index contributed by atoms with van der Waals surface area (Å²) in [5.74, 6) is 0. The number of rotatable bonds is 5. The van der Waals surface area contributed by atoms with E-state index < -0.39 is 495 Å². The molecule has 0 N–H and O–H groups in total. The van der Waals surface area contributed by atoms with Gasteiger partial charge in [0.25, 0.3) is 0 Å². The Morgan fingerprint density at radius 1 is 0.170 bits per heavy atom. The van der Waals surface area contributed by atoms with E-state index in [4.69, 9.17) is 51.3 Å². The van der Waals surface area contributed by atoms with Gasteiger partial charge in [-0.2, -0.15) is 0 Å². The summed E-state index contributed by atoms with van der Waals surface area (Å²) in [7, 11) is 0. The van der Waals surface area contributed by atoms with Gasteiger partial charge in [-0.25, -0.2) is 0 Å². The van der Waals surface area contributed by atoms with Gasteiger partial charge in [-0.3, -0.25) is 0 Å². The van der Waals surface area contributed by atoms with Gasteiger partial charge in [0.1, 0.15) is 22.3 Å². The minimum absolute atomic E-state index is 0.363. The Kier molecular flexibility index (Phi) is 4.68. The Balaban J connectivity index is 0.000000187. The van der Waals surface area contributed by atoms with E-state index in [2.05, 4.69) is 0 Å². The minimum atomic E-state index is -1.06. The summed E-state index contributed by atoms with van der Waals surface area (Å²) in [5, 5.41) is -11.7. The summed E-state index contributed by atoms with van der Waals surface area (Å²) in [6.45, 7) is 0. The van der Waals surface area contributed by atoms with Crippen LogP contribution in [0.25, 0.3) is 186 Å². The van der Waals surface area contributed by atoms with Crippen molar-refractivity contribution in [3.8, 4) is 55.6 Å². The van der Waals surface area contributed by atoms with E-state index in [1.165, 1.54) is 0 Å². The van der Waals surface area contributed by atoms with Crippen LogP contribution in [0.3, 0.4) is 0 Å². The van der Waals surface area contributed by atoms with Crippen molar-refractivity contribution in [2.45, 2.75) is 0 Å². The molecule has 2 aromatic heterocycles. The highest BCUT2D eigenvalue weighted by Crippen LogP contribution is 2.48. The molecule has 0 spiro atoms.